The van der Waals surface area contributed by atoms with Gasteiger partial charge in [-0.05, 0) is 61.1 Å². The van der Waals surface area contributed by atoms with Crippen molar-refractivity contribution >= 4 is 10.9 Å². The van der Waals surface area contributed by atoms with Gasteiger partial charge in [0, 0.05) is 24.2 Å². The van der Waals surface area contributed by atoms with E-state index in [-0.39, 0.29) is 6.04 Å². The molecule has 1 N–H and O–H groups in total. The van der Waals surface area contributed by atoms with E-state index in [1.54, 1.807) is 13.3 Å². The molecule has 1 fully saturated rings. The summed E-state index contributed by atoms with van der Waals surface area (Å²) >= 11 is 0. The lowest BCUT2D eigenvalue weighted by Crippen LogP contribution is -2.47. The van der Waals surface area contributed by atoms with Gasteiger partial charge < -0.3 is 9.84 Å². The van der Waals surface area contributed by atoms with Crippen LogP contribution in [0, 0.1) is 11.8 Å². The Bertz CT molecular complexity index is 761. The van der Waals surface area contributed by atoms with Crippen molar-refractivity contribution in [2.24, 2.45) is 11.8 Å². The van der Waals surface area contributed by atoms with E-state index in [0.29, 0.717) is 11.8 Å². The monoisotopic (exact) mass is 354 g/mol. The molecule has 2 aromatic rings. The smallest absolute Gasteiger partial charge is 0.119 e. The number of aliphatic hydroxyl groups is 1. The Morgan fingerprint density at radius 1 is 1.42 bits per heavy atom. The molecule has 0 amide bonds. The first-order valence-corrected chi connectivity index (χ1v) is 9.56. The zero-order valence-corrected chi connectivity index (χ0v) is 16.1. The molecule has 0 spiro atoms. The van der Waals surface area contributed by atoms with Gasteiger partial charge in [-0.15, -0.1) is 6.58 Å². The summed E-state index contributed by atoms with van der Waals surface area (Å²) in [6.45, 7) is 10.4. The Morgan fingerprint density at radius 3 is 2.92 bits per heavy atom. The normalized spacial score (nSPS) is 23.5. The van der Waals surface area contributed by atoms with Gasteiger partial charge in [0.15, 0.2) is 0 Å². The molecule has 0 saturated carbocycles. The second-order valence-corrected chi connectivity index (χ2v) is 7.36. The molecule has 3 rings (SSSR count). The van der Waals surface area contributed by atoms with Gasteiger partial charge in [0.05, 0.1) is 18.7 Å². The summed E-state index contributed by atoms with van der Waals surface area (Å²) in [5.41, 5.74) is 1.81. The van der Waals surface area contributed by atoms with Gasteiger partial charge in [0.2, 0.25) is 0 Å². The number of methoxy groups -OCH3 is 1. The maximum Gasteiger partial charge on any atom is 0.119 e. The fraction of sp³-hybridized carbons (Fsp3) is 0.500. The minimum Gasteiger partial charge on any atom is -0.497 e. The number of likely N-dealkylation sites (tertiary alicyclic amines) is 1. The molecule has 4 atom stereocenters. The number of rotatable bonds is 6. The maximum absolute atomic E-state index is 11.3. The lowest BCUT2D eigenvalue weighted by molar-refractivity contribution is 0.0169. The predicted molar refractivity (Wildman–Crippen MR) is 106 cm³/mol. The zero-order chi connectivity index (χ0) is 18.7. The third-order valence-corrected chi connectivity index (χ3v) is 5.90. The summed E-state index contributed by atoms with van der Waals surface area (Å²) in [5.74, 6) is 1.93. The molecular weight excluding hydrogens is 324 g/mol. The first kappa shape index (κ1) is 18.9. The van der Waals surface area contributed by atoms with E-state index in [2.05, 4.69) is 36.4 Å². The molecule has 1 aromatic heterocycles. The molecule has 0 radical (unpaired) electrons. The molecule has 3 unspecified atom stereocenters. The highest BCUT2D eigenvalue weighted by molar-refractivity contribution is 5.83. The average molecular weight is 354 g/mol. The number of piperidine rings is 1. The van der Waals surface area contributed by atoms with Crippen LogP contribution in [0.5, 0.6) is 5.75 Å². The molecule has 1 aromatic carbocycles. The van der Waals surface area contributed by atoms with Crippen LogP contribution in [-0.4, -0.2) is 41.2 Å². The van der Waals surface area contributed by atoms with Crippen LogP contribution < -0.4 is 4.74 Å². The van der Waals surface area contributed by atoms with Gasteiger partial charge in [-0.3, -0.25) is 9.88 Å². The van der Waals surface area contributed by atoms with Crippen molar-refractivity contribution in [3.05, 3.63) is 48.7 Å². The number of fused-ring (bicyclic) bond motifs is 1. The van der Waals surface area contributed by atoms with Gasteiger partial charge >= 0.3 is 0 Å². The van der Waals surface area contributed by atoms with E-state index in [4.69, 9.17) is 4.74 Å². The number of hydrogen-bond acceptors (Lipinski definition) is 4. The second kappa shape index (κ2) is 8.19. The Labute approximate surface area is 156 Å². The van der Waals surface area contributed by atoms with Crippen LogP contribution in [0.4, 0.5) is 0 Å². The summed E-state index contributed by atoms with van der Waals surface area (Å²) in [4.78, 5) is 6.87. The van der Waals surface area contributed by atoms with Crippen molar-refractivity contribution < 1.29 is 9.84 Å². The fourth-order valence-electron chi connectivity index (χ4n) is 4.15. The lowest BCUT2D eigenvalue weighted by atomic mass is 9.85. The summed E-state index contributed by atoms with van der Waals surface area (Å²) in [6, 6.07) is 7.85. The van der Waals surface area contributed by atoms with Gasteiger partial charge in [-0.25, -0.2) is 0 Å². The van der Waals surface area contributed by atoms with E-state index in [0.717, 1.165) is 48.1 Å². The molecular formula is C22H30N2O2. The van der Waals surface area contributed by atoms with Crippen LogP contribution in [0.25, 0.3) is 10.9 Å². The van der Waals surface area contributed by atoms with Gasteiger partial charge in [-0.1, -0.05) is 19.9 Å². The van der Waals surface area contributed by atoms with Crippen molar-refractivity contribution in [3.63, 3.8) is 0 Å². The Morgan fingerprint density at radius 2 is 2.23 bits per heavy atom. The van der Waals surface area contributed by atoms with Crippen LogP contribution >= 0.6 is 0 Å². The average Bonchev–Trinajstić information content (AvgIpc) is 2.68. The third kappa shape index (κ3) is 3.62. The summed E-state index contributed by atoms with van der Waals surface area (Å²) in [6.07, 6.45) is 5.34. The molecule has 26 heavy (non-hydrogen) atoms. The summed E-state index contributed by atoms with van der Waals surface area (Å²) < 4.78 is 5.37. The lowest BCUT2D eigenvalue weighted by Gasteiger charge is -2.42. The fourth-order valence-corrected chi connectivity index (χ4v) is 4.15. The molecule has 0 aliphatic carbocycles. The van der Waals surface area contributed by atoms with Crippen LogP contribution in [-0.2, 0) is 0 Å². The number of ether oxygens (including phenoxy) is 1. The quantitative estimate of drug-likeness (QED) is 0.790. The first-order chi connectivity index (χ1) is 12.6. The number of benzene rings is 1. The Kier molecular flexibility index (Phi) is 5.94. The summed E-state index contributed by atoms with van der Waals surface area (Å²) in [5, 5.41) is 12.2. The molecule has 4 heteroatoms. The highest BCUT2D eigenvalue weighted by Crippen LogP contribution is 2.34. The van der Waals surface area contributed by atoms with E-state index in [1.165, 1.54) is 0 Å². The number of nitrogens with zero attached hydrogens (tertiary/aromatic N) is 2. The van der Waals surface area contributed by atoms with Crippen molar-refractivity contribution in [1.29, 1.82) is 0 Å². The van der Waals surface area contributed by atoms with Crippen LogP contribution in [0.2, 0.25) is 0 Å². The van der Waals surface area contributed by atoms with E-state index >= 15 is 0 Å². The summed E-state index contributed by atoms with van der Waals surface area (Å²) in [7, 11) is 1.66. The number of hydrogen-bond donors (Lipinski definition) is 1. The van der Waals surface area contributed by atoms with Crippen molar-refractivity contribution in [2.75, 3.05) is 20.2 Å². The molecule has 2 heterocycles. The molecule has 140 valence electrons. The predicted octanol–water partition coefficient (Wildman–Crippen LogP) is 4.20. The minimum absolute atomic E-state index is 0.0850. The van der Waals surface area contributed by atoms with E-state index < -0.39 is 6.10 Å². The molecule has 1 aliphatic rings. The highest BCUT2D eigenvalue weighted by atomic mass is 16.5. The first-order valence-electron chi connectivity index (χ1n) is 9.56. The molecule has 1 saturated heterocycles. The second-order valence-electron chi connectivity index (χ2n) is 7.36. The molecule has 0 bridgehead atoms. The SMILES string of the molecule is C=CC1CN(C(CC)[C@H](O)c2ccnc3ccc(OC)cc23)CCC1C. The minimum atomic E-state index is -0.559. The zero-order valence-electron chi connectivity index (χ0n) is 16.1. The van der Waals surface area contributed by atoms with Gasteiger partial charge in [-0.2, -0.15) is 0 Å². The van der Waals surface area contributed by atoms with Gasteiger partial charge in [0.25, 0.3) is 0 Å². The number of pyridine rings is 1. The van der Waals surface area contributed by atoms with E-state index in [9.17, 15) is 5.11 Å². The van der Waals surface area contributed by atoms with E-state index in [1.807, 2.05) is 24.3 Å². The highest BCUT2D eigenvalue weighted by Gasteiger charge is 2.32. The maximum atomic E-state index is 11.3. The van der Waals surface area contributed by atoms with Crippen LogP contribution in [0.3, 0.4) is 0 Å². The Balaban J connectivity index is 1.92. The topological polar surface area (TPSA) is 45.6 Å². The molecule has 1 aliphatic heterocycles. The number of aromatic nitrogens is 1. The Hall–Kier alpha value is -1.91. The third-order valence-electron chi connectivity index (χ3n) is 5.90. The van der Waals surface area contributed by atoms with Gasteiger partial charge in [0.1, 0.15) is 5.75 Å². The van der Waals surface area contributed by atoms with Crippen LogP contribution in [0.1, 0.15) is 38.4 Å². The van der Waals surface area contributed by atoms with Crippen molar-refractivity contribution in [1.82, 2.24) is 9.88 Å². The van der Waals surface area contributed by atoms with Crippen molar-refractivity contribution in [3.8, 4) is 5.75 Å². The molecule has 4 nitrogen and oxygen atoms in total. The largest absolute Gasteiger partial charge is 0.497 e. The standard InChI is InChI=1S/C22H30N2O2/c1-5-16-14-24(12-10-15(16)3)21(6-2)22(25)18-9-11-23-20-8-7-17(26-4)13-19(18)20/h5,7-9,11,13,15-16,21-22,25H,1,6,10,12,14H2,2-4H3/t15?,16?,21?,22-/m1/s1. The van der Waals surface area contributed by atoms with Crippen LogP contribution in [0.15, 0.2) is 43.1 Å². The van der Waals surface area contributed by atoms with Crippen molar-refractivity contribution in [2.45, 2.75) is 38.8 Å². The number of aliphatic hydroxyl groups excluding tert-OH is 1.